The van der Waals surface area contributed by atoms with Crippen LogP contribution in [-0.2, 0) is 26.7 Å². The Morgan fingerprint density at radius 3 is 0.824 bits per heavy atom. The van der Waals surface area contributed by atoms with Crippen LogP contribution in [0.4, 0.5) is 0 Å². The van der Waals surface area contributed by atoms with Crippen LogP contribution in [0.25, 0.3) is 0 Å². The molecule has 0 aliphatic heterocycles. The van der Waals surface area contributed by atoms with Crippen molar-refractivity contribution in [2.45, 2.75) is 0 Å². The van der Waals surface area contributed by atoms with Crippen LogP contribution in [0.3, 0.4) is 0 Å². The molecule has 17 heavy (non-hydrogen) atoms. The summed E-state index contributed by atoms with van der Waals surface area (Å²) in [7, 11) is 0. The second-order valence-electron chi connectivity index (χ2n) is 1.73. The van der Waals surface area contributed by atoms with Crippen LogP contribution in [0, 0.1) is 0 Å². The van der Waals surface area contributed by atoms with Crippen molar-refractivity contribution in [3.8, 4) is 0 Å². The molecule has 12 N–H and O–H groups in total. The van der Waals surface area contributed by atoms with Gasteiger partial charge >= 0.3 is 17.1 Å². The van der Waals surface area contributed by atoms with E-state index in [0.717, 1.165) is 0 Å². The van der Waals surface area contributed by atoms with Gasteiger partial charge < -0.3 is 53.7 Å². The molecule has 0 spiro atoms. The first kappa shape index (κ1) is 36.0. The molecule has 111 valence electrons. The number of hydrogen-bond acceptors (Lipinski definition) is 8. The molecule has 0 unspecified atom stereocenters. The minimum absolute atomic E-state index is 0. The van der Waals surface area contributed by atoms with E-state index in [2.05, 4.69) is 0 Å². The first-order chi connectivity index (χ1) is 6.47. The van der Waals surface area contributed by atoms with Crippen molar-refractivity contribution in [1.82, 2.24) is 0 Å². The Labute approximate surface area is 109 Å². The van der Waals surface area contributed by atoms with Gasteiger partial charge in [-0.15, -0.1) is 0 Å². The summed E-state index contributed by atoms with van der Waals surface area (Å²) in [6.07, 6.45) is 0. The molecular weight excluding hydrogens is 288 g/mol. The molecule has 10 nitrogen and oxygen atoms in total. The quantitative estimate of drug-likeness (QED) is 0.281. The number of carbonyl (C=O) groups is 2. The summed E-state index contributed by atoms with van der Waals surface area (Å²) < 4.78 is 0. The number of carboxylic acid groups (broad SMARTS) is 2. The van der Waals surface area contributed by atoms with Crippen LogP contribution in [0.15, 0.2) is 0 Å². The fraction of sp³-hybridized carbons (Fsp3) is 0.667. The van der Waals surface area contributed by atoms with Crippen LogP contribution in [0.1, 0.15) is 0 Å². The fourth-order valence-electron chi connectivity index (χ4n) is 0. The van der Waals surface area contributed by atoms with Gasteiger partial charge in [-0.2, -0.15) is 0 Å². The van der Waals surface area contributed by atoms with E-state index in [1.54, 1.807) is 0 Å². The van der Waals surface area contributed by atoms with Gasteiger partial charge in [-0.25, -0.2) is 0 Å². The van der Waals surface area contributed by atoms with E-state index in [1.165, 1.54) is 0 Å². The van der Waals surface area contributed by atoms with Crippen molar-refractivity contribution in [1.29, 1.82) is 0 Å². The molecule has 0 aliphatic rings. The molecule has 0 fully saturated rings. The summed E-state index contributed by atoms with van der Waals surface area (Å²) in [5.41, 5.74) is 19.6. The van der Waals surface area contributed by atoms with E-state index >= 15 is 0 Å². The van der Waals surface area contributed by atoms with Gasteiger partial charge in [0.15, 0.2) is 0 Å². The topological polar surface area (TPSA) is 247 Å². The van der Waals surface area contributed by atoms with Crippen molar-refractivity contribution < 1.29 is 47.8 Å². The Morgan fingerprint density at radius 1 is 0.706 bits per heavy atom. The molecule has 0 aliphatic carbocycles. The van der Waals surface area contributed by atoms with Crippen LogP contribution in [-0.4, -0.2) is 49.1 Å². The number of rotatable bonds is 2. The van der Waals surface area contributed by atoms with Gasteiger partial charge in [0, 0.05) is 26.2 Å². The third-order valence-electron chi connectivity index (χ3n) is 0.500. The predicted octanol–water partition coefficient (Wildman–Crippen LogP) is -7.36. The van der Waals surface area contributed by atoms with Gasteiger partial charge in [0.1, 0.15) is 0 Å². The molecule has 0 aromatic heterocycles. The molecule has 0 rings (SSSR count). The zero-order chi connectivity index (χ0) is 12.0. The van der Waals surface area contributed by atoms with Crippen LogP contribution >= 0.6 is 0 Å². The SMILES string of the molecule is NCCN.NCCN.O.O.O=C([O-])C(=O)[O-].[Cu+2]. The second kappa shape index (κ2) is 36.2. The number of carboxylic acids is 2. The third-order valence-corrected chi connectivity index (χ3v) is 0.500. The van der Waals surface area contributed by atoms with Crippen molar-refractivity contribution in [2.24, 2.45) is 22.9 Å². The predicted molar refractivity (Wildman–Crippen MR) is 53.5 cm³/mol. The van der Waals surface area contributed by atoms with Gasteiger partial charge in [0.05, 0.1) is 11.9 Å². The minimum Gasteiger partial charge on any atom is -0.543 e. The summed E-state index contributed by atoms with van der Waals surface area (Å²) >= 11 is 0. The fourth-order valence-corrected chi connectivity index (χ4v) is 0. The second-order valence-corrected chi connectivity index (χ2v) is 1.73. The van der Waals surface area contributed by atoms with Gasteiger partial charge in [-0.1, -0.05) is 0 Å². The summed E-state index contributed by atoms with van der Waals surface area (Å²) in [6.45, 7) is 2.39. The number of carbonyl (C=O) groups excluding carboxylic acids is 2. The summed E-state index contributed by atoms with van der Waals surface area (Å²) in [4.78, 5) is 17.9. The minimum atomic E-state index is -2.19. The van der Waals surface area contributed by atoms with Gasteiger partial charge in [0.2, 0.25) is 0 Å². The standard InChI is InChI=1S/2C2H8N2.C2H2O4.Cu.2H2O/c2*3-1-2-4;3-1(4)2(5)6;;;/h2*1-4H2;(H,3,4)(H,5,6);;2*1H2/q;;;+2;;/p-2. The average Bonchev–Trinajstić information content (AvgIpc) is 2.18. The molecule has 0 saturated carbocycles. The van der Waals surface area contributed by atoms with E-state index in [-0.39, 0.29) is 28.0 Å². The number of nitrogens with two attached hydrogens (primary N) is 4. The molecule has 0 bridgehead atoms. The van der Waals surface area contributed by atoms with Gasteiger partial charge in [-0.3, -0.25) is 0 Å². The number of aliphatic carboxylic acids is 2. The van der Waals surface area contributed by atoms with Crippen LogP contribution in [0.5, 0.6) is 0 Å². The molecule has 0 aromatic rings. The van der Waals surface area contributed by atoms with Crippen LogP contribution < -0.4 is 33.1 Å². The molecule has 0 aromatic carbocycles. The Kier molecular flexibility index (Phi) is 76.6. The molecule has 0 heterocycles. The normalized spacial score (nSPS) is 6.12. The van der Waals surface area contributed by atoms with Gasteiger partial charge in [-0.05, 0) is 0 Å². The maximum Gasteiger partial charge on any atom is 2.00 e. The van der Waals surface area contributed by atoms with E-state index in [1.807, 2.05) is 0 Å². The molecule has 11 heteroatoms. The Morgan fingerprint density at radius 2 is 0.824 bits per heavy atom. The molecular formula is C6H20CuN4O6. The largest absolute Gasteiger partial charge is 2.00 e. The molecule has 1 radical (unpaired) electrons. The Bertz CT molecular complexity index is 130. The first-order valence-corrected chi connectivity index (χ1v) is 3.70. The van der Waals surface area contributed by atoms with E-state index in [0.29, 0.717) is 26.2 Å². The van der Waals surface area contributed by atoms with Crippen molar-refractivity contribution >= 4 is 11.9 Å². The van der Waals surface area contributed by atoms with Crippen molar-refractivity contribution in [3.63, 3.8) is 0 Å². The number of hydrogen-bond donors (Lipinski definition) is 4. The van der Waals surface area contributed by atoms with E-state index in [4.69, 9.17) is 42.7 Å². The monoisotopic (exact) mass is 307 g/mol. The molecule has 0 amide bonds. The zero-order valence-corrected chi connectivity index (χ0v) is 10.0. The molecule has 0 atom stereocenters. The maximum absolute atomic E-state index is 8.93. The Hall–Kier alpha value is -0.781. The van der Waals surface area contributed by atoms with Crippen LogP contribution in [0.2, 0.25) is 0 Å². The maximum atomic E-state index is 8.93. The third kappa shape index (κ3) is 97.6. The van der Waals surface area contributed by atoms with Crippen molar-refractivity contribution in [3.05, 3.63) is 0 Å². The zero-order valence-electron chi connectivity index (χ0n) is 9.07. The van der Waals surface area contributed by atoms with Crippen molar-refractivity contribution in [2.75, 3.05) is 26.2 Å². The first-order valence-electron chi connectivity index (χ1n) is 3.70. The summed E-state index contributed by atoms with van der Waals surface area (Å²) in [5, 5.41) is 17.9. The Balaban J connectivity index is -0.0000000252. The smallest absolute Gasteiger partial charge is 0.543 e. The van der Waals surface area contributed by atoms with Gasteiger partial charge in [0.25, 0.3) is 0 Å². The molecule has 0 saturated heterocycles. The van der Waals surface area contributed by atoms with E-state index in [9.17, 15) is 0 Å². The van der Waals surface area contributed by atoms with E-state index < -0.39 is 11.9 Å². The summed E-state index contributed by atoms with van der Waals surface area (Å²) in [5.74, 6) is -4.37. The summed E-state index contributed by atoms with van der Waals surface area (Å²) in [6, 6.07) is 0. The average molecular weight is 308 g/mol.